The molecule has 1 amide bonds. The van der Waals surface area contributed by atoms with Crippen molar-refractivity contribution in [1.82, 2.24) is 9.88 Å². The van der Waals surface area contributed by atoms with Crippen LogP contribution in [0.1, 0.15) is 33.7 Å². The zero-order chi connectivity index (χ0) is 14.9. The molecule has 1 fully saturated rings. The van der Waals surface area contributed by atoms with Crippen LogP contribution in [-0.4, -0.2) is 43.1 Å². The van der Waals surface area contributed by atoms with Gasteiger partial charge in [0.2, 0.25) is 10.0 Å². The largest absolute Gasteiger partial charge is 0.338 e. The van der Waals surface area contributed by atoms with Crippen LogP contribution in [0.25, 0.3) is 0 Å². The molecule has 0 aliphatic carbocycles. The zero-order valence-corrected chi connectivity index (χ0v) is 13.3. The third-order valence-corrected chi connectivity index (χ3v) is 5.60. The Bertz CT molecular complexity index is 609. The van der Waals surface area contributed by atoms with Crippen LogP contribution in [0.5, 0.6) is 0 Å². The number of carbonyl (C=O) groups is 1. The van der Waals surface area contributed by atoms with Crippen molar-refractivity contribution in [2.24, 2.45) is 11.1 Å². The third-order valence-electron chi connectivity index (χ3n) is 3.38. The van der Waals surface area contributed by atoms with Crippen molar-refractivity contribution in [2.45, 2.75) is 26.7 Å². The number of rotatable bonds is 4. The molecule has 6 nitrogen and oxygen atoms in total. The summed E-state index contributed by atoms with van der Waals surface area (Å²) in [6.07, 6.45) is 1.49. The van der Waals surface area contributed by atoms with Crippen LogP contribution in [0, 0.1) is 12.8 Å². The van der Waals surface area contributed by atoms with E-state index in [0.717, 1.165) is 17.1 Å². The maximum Gasteiger partial charge on any atom is 0.265 e. The Hall–Kier alpha value is -0.990. The number of amides is 1. The molecule has 2 rings (SSSR count). The van der Waals surface area contributed by atoms with Crippen LogP contribution >= 0.6 is 11.3 Å². The monoisotopic (exact) mass is 317 g/mol. The molecule has 0 spiro atoms. The molecule has 1 aliphatic heterocycles. The molecule has 1 saturated heterocycles. The number of hydrogen-bond donors (Lipinski definition) is 1. The highest BCUT2D eigenvalue weighted by atomic mass is 32.2. The highest BCUT2D eigenvalue weighted by molar-refractivity contribution is 7.89. The van der Waals surface area contributed by atoms with Crippen LogP contribution in [0.15, 0.2) is 0 Å². The van der Waals surface area contributed by atoms with Crippen LogP contribution in [0.3, 0.4) is 0 Å². The SMILES string of the molecule is CCc1nc(C)c(C(=O)N2CCC(CS(N)(=O)=O)C2)s1. The number of sulfonamides is 1. The van der Waals surface area contributed by atoms with Gasteiger partial charge in [-0.25, -0.2) is 18.5 Å². The summed E-state index contributed by atoms with van der Waals surface area (Å²) in [7, 11) is -3.48. The molecule has 1 atom stereocenters. The van der Waals surface area contributed by atoms with Gasteiger partial charge in [-0.3, -0.25) is 4.79 Å². The van der Waals surface area contributed by atoms with Gasteiger partial charge in [0.25, 0.3) is 5.91 Å². The number of aromatic nitrogens is 1. The minimum absolute atomic E-state index is 0.0448. The second-order valence-corrected chi connectivity index (χ2v) is 7.85. The summed E-state index contributed by atoms with van der Waals surface area (Å²) in [6, 6.07) is 0. The summed E-state index contributed by atoms with van der Waals surface area (Å²) in [5.41, 5.74) is 0.756. The van der Waals surface area contributed by atoms with E-state index in [1.54, 1.807) is 4.90 Å². The Morgan fingerprint density at radius 1 is 1.55 bits per heavy atom. The Balaban J connectivity index is 2.06. The predicted molar refractivity (Wildman–Crippen MR) is 78.2 cm³/mol. The van der Waals surface area contributed by atoms with Gasteiger partial charge in [-0.2, -0.15) is 0 Å². The fraction of sp³-hybridized carbons (Fsp3) is 0.667. The third kappa shape index (κ3) is 3.56. The zero-order valence-electron chi connectivity index (χ0n) is 11.6. The van der Waals surface area contributed by atoms with Crippen molar-refractivity contribution < 1.29 is 13.2 Å². The molecule has 0 radical (unpaired) electrons. The Morgan fingerprint density at radius 3 is 2.80 bits per heavy atom. The summed E-state index contributed by atoms with van der Waals surface area (Å²) >= 11 is 1.42. The average molecular weight is 317 g/mol. The van der Waals surface area contributed by atoms with E-state index in [0.29, 0.717) is 24.4 Å². The first-order valence-electron chi connectivity index (χ1n) is 6.56. The highest BCUT2D eigenvalue weighted by Gasteiger charge is 2.30. The van der Waals surface area contributed by atoms with Gasteiger partial charge < -0.3 is 4.90 Å². The van der Waals surface area contributed by atoms with Gasteiger partial charge in [-0.15, -0.1) is 11.3 Å². The molecule has 1 aromatic heterocycles. The smallest absolute Gasteiger partial charge is 0.265 e. The number of thiazole rings is 1. The lowest BCUT2D eigenvalue weighted by molar-refractivity contribution is 0.0792. The molecule has 20 heavy (non-hydrogen) atoms. The fourth-order valence-electron chi connectivity index (χ4n) is 2.43. The van der Waals surface area contributed by atoms with Gasteiger partial charge in [-0.1, -0.05) is 6.92 Å². The van der Waals surface area contributed by atoms with Crippen molar-refractivity contribution in [3.8, 4) is 0 Å². The van der Waals surface area contributed by atoms with Gasteiger partial charge in [0.05, 0.1) is 16.5 Å². The first kappa shape index (κ1) is 15.4. The minimum atomic E-state index is -3.48. The molecular weight excluding hydrogens is 298 g/mol. The van der Waals surface area contributed by atoms with Gasteiger partial charge in [0.1, 0.15) is 4.88 Å². The summed E-state index contributed by atoms with van der Waals surface area (Å²) in [4.78, 5) is 19.1. The molecule has 0 bridgehead atoms. The lowest BCUT2D eigenvalue weighted by atomic mass is 10.2. The van der Waals surface area contributed by atoms with E-state index >= 15 is 0 Å². The molecule has 1 unspecified atom stereocenters. The lowest BCUT2D eigenvalue weighted by Gasteiger charge is -2.15. The minimum Gasteiger partial charge on any atom is -0.338 e. The van der Waals surface area contributed by atoms with E-state index in [9.17, 15) is 13.2 Å². The maximum absolute atomic E-state index is 12.4. The van der Waals surface area contributed by atoms with Crippen molar-refractivity contribution in [3.05, 3.63) is 15.6 Å². The second kappa shape index (κ2) is 5.79. The predicted octanol–water partition coefficient (Wildman–Crippen LogP) is 0.765. The van der Waals surface area contributed by atoms with Crippen LogP contribution in [0.4, 0.5) is 0 Å². The number of primary sulfonamides is 1. The summed E-state index contributed by atoms with van der Waals surface area (Å²) in [5.74, 6) is -0.164. The Morgan fingerprint density at radius 2 is 2.25 bits per heavy atom. The molecule has 8 heteroatoms. The highest BCUT2D eigenvalue weighted by Crippen LogP contribution is 2.24. The normalized spacial score (nSPS) is 19.6. The van der Waals surface area contributed by atoms with Crippen molar-refractivity contribution >= 4 is 27.3 Å². The molecule has 1 aromatic rings. The molecule has 0 saturated carbocycles. The first-order valence-corrected chi connectivity index (χ1v) is 9.09. The molecule has 1 aliphatic rings. The second-order valence-electron chi connectivity index (χ2n) is 5.11. The van der Waals surface area contributed by atoms with E-state index in [-0.39, 0.29) is 17.6 Å². The number of likely N-dealkylation sites (tertiary alicyclic amines) is 1. The summed E-state index contributed by atoms with van der Waals surface area (Å²) in [6.45, 7) is 4.87. The Labute approximate surface area is 123 Å². The number of nitrogens with two attached hydrogens (primary N) is 1. The van der Waals surface area contributed by atoms with E-state index in [1.165, 1.54) is 11.3 Å². The lowest BCUT2D eigenvalue weighted by Crippen LogP contribution is -2.30. The maximum atomic E-state index is 12.4. The summed E-state index contributed by atoms with van der Waals surface area (Å²) < 4.78 is 22.2. The number of nitrogens with zero attached hydrogens (tertiary/aromatic N) is 2. The van der Waals surface area contributed by atoms with Crippen LogP contribution in [-0.2, 0) is 16.4 Å². The van der Waals surface area contributed by atoms with Crippen molar-refractivity contribution in [1.29, 1.82) is 0 Å². The first-order chi connectivity index (χ1) is 9.30. The standard InChI is InChI=1S/C12H19N3O3S2/c1-3-10-14-8(2)11(19-10)12(16)15-5-4-9(6-15)7-20(13,17)18/h9H,3-7H2,1-2H3,(H2,13,17,18). The van der Waals surface area contributed by atoms with Crippen LogP contribution < -0.4 is 5.14 Å². The molecule has 2 N–H and O–H groups in total. The molecule has 2 heterocycles. The molecular formula is C12H19N3O3S2. The van der Waals surface area contributed by atoms with E-state index in [4.69, 9.17) is 5.14 Å². The fourth-order valence-corrected chi connectivity index (χ4v) is 4.33. The van der Waals surface area contributed by atoms with Crippen molar-refractivity contribution in [2.75, 3.05) is 18.8 Å². The van der Waals surface area contributed by atoms with E-state index < -0.39 is 10.0 Å². The van der Waals surface area contributed by atoms with E-state index in [1.807, 2.05) is 13.8 Å². The van der Waals surface area contributed by atoms with Gasteiger partial charge in [-0.05, 0) is 25.7 Å². The summed E-state index contributed by atoms with van der Waals surface area (Å²) in [5, 5.41) is 6.00. The van der Waals surface area contributed by atoms with E-state index in [2.05, 4.69) is 4.98 Å². The Kier molecular flexibility index (Phi) is 4.46. The number of carbonyl (C=O) groups excluding carboxylic acids is 1. The van der Waals surface area contributed by atoms with Crippen molar-refractivity contribution in [3.63, 3.8) is 0 Å². The van der Waals surface area contributed by atoms with Crippen LogP contribution in [0.2, 0.25) is 0 Å². The van der Waals surface area contributed by atoms with Gasteiger partial charge in [0.15, 0.2) is 0 Å². The topological polar surface area (TPSA) is 93.4 Å². The average Bonchev–Trinajstić information content (AvgIpc) is 2.93. The number of aryl methyl sites for hydroxylation is 2. The molecule has 112 valence electrons. The van der Waals surface area contributed by atoms with Gasteiger partial charge >= 0.3 is 0 Å². The number of hydrogen-bond acceptors (Lipinski definition) is 5. The quantitative estimate of drug-likeness (QED) is 0.887. The molecule has 0 aromatic carbocycles. The van der Waals surface area contributed by atoms with Gasteiger partial charge in [0, 0.05) is 13.1 Å².